The van der Waals surface area contributed by atoms with E-state index in [1.54, 1.807) is 6.92 Å². The predicted octanol–water partition coefficient (Wildman–Crippen LogP) is 0.423. The molecule has 0 saturated carbocycles. The van der Waals surface area contributed by atoms with E-state index >= 15 is 0 Å². The average molecular weight is 170 g/mol. The van der Waals surface area contributed by atoms with Crippen molar-refractivity contribution in [3.8, 4) is 0 Å². The largest absolute Gasteiger partial charge is 0.461 e. The molecule has 0 amide bonds. The van der Waals surface area contributed by atoms with Crippen molar-refractivity contribution in [2.24, 2.45) is 0 Å². The van der Waals surface area contributed by atoms with Gasteiger partial charge in [-0.05, 0) is 0 Å². The second-order valence-corrected chi connectivity index (χ2v) is 2.42. The third kappa shape index (κ3) is 2.38. The molecule has 0 N–H and O–H groups in total. The Balaban J connectivity index is 2.28. The van der Waals surface area contributed by atoms with E-state index in [1.807, 2.05) is 0 Å². The zero-order chi connectivity index (χ0) is 8.97. The van der Waals surface area contributed by atoms with Gasteiger partial charge in [0.05, 0.1) is 0 Å². The van der Waals surface area contributed by atoms with Crippen LogP contribution in [0.25, 0.3) is 0 Å². The molecule has 1 aliphatic heterocycles. The maximum atomic E-state index is 10.7. The highest BCUT2D eigenvalue weighted by Crippen LogP contribution is 2.06. The molecule has 4 heteroatoms. The Bertz CT molecular complexity index is 229. The molecule has 0 aromatic rings. The van der Waals surface area contributed by atoms with Gasteiger partial charge in [-0.1, -0.05) is 6.92 Å². The summed E-state index contributed by atoms with van der Waals surface area (Å²) in [6.07, 6.45) is 1.70. The number of carbonyl (C=O) groups is 2. The van der Waals surface area contributed by atoms with Crippen LogP contribution in [0.5, 0.6) is 0 Å². The van der Waals surface area contributed by atoms with Crippen molar-refractivity contribution in [2.75, 3.05) is 13.2 Å². The summed E-state index contributed by atoms with van der Waals surface area (Å²) in [4.78, 5) is 21.2. The topological polar surface area (TPSA) is 52.6 Å². The van der Waals surface area contributed by atoms with Crippen molar-refractivity contribution in [3.05, 3.63) is 11.6 Å². The van der Waals surface area contributed by atoms with Crippen molar-refractivity contribution < 1.29 is 19.1 Å². The van der Waals surface area contributed by atoms with Crippen LogP contribution in [0.1, 0.15) is 13.3 Å². The maximum absolute atomic E-state index is 10.7. The smallest absolute Gasteiger partial charge is 0.331 e. The lowest BCUT2D eigenvalue weighted by atomic mass is 10.3. The molecule has 0 aliphatic carbocycles. The van der Waals surface area contributed by atoms with Crippen LogP contribution in [-0.2, 0) is 19.1 Å². The summed E-state index contributed by atoms with van der Waals surface area (Å²) < 4.78 is 9.39. The number of rotatable bonds is 3. The van der Waals surface area contributed by atoms with Crippen molar-refractivity contribution in [3.63, 3.8) is 0 Å². The lowest BCUT2D eigenvalue weighted by Crippen LogP contribution is -2.06. The maximum Gasteiger partial charge on any atom is 0.331 e. The molecule has 1 rings (SSSR count). The fourth-order valence-corrected chi connectivity index (χ4v) is 0.772. The zero-order valence-electron chi connectivity index (χ0n) is 6.83. The number of hydrogen-bond donors (Lipinski definition) is 0. The zero-order valence-corrected chi connectivity index (χ0v) is 6.83. The molecule has 1 aliphatic rings. The molecule has 0 aromatic carbocycles. The number of esters is 2. The van der Waals surface area contributed by atoms with Gasteiger partial charge in [0.25, 0.3) is 0 Å². The first-order valence-corrected chi connectivity index (χ1v) is 3.74. The van der Waals surface area contributed by atoms with E-state index in [-0.39, 0.29) is 25.2 Å². The third-order valence-electron chi connectivity index (χ3n) is 1.43. The van der Waals surface area contributed by atoms with Crippen LogP contribution >= 0.6 is 0 Å². The molecule has 1 heterocycles. The Morgan fingerprint density at radius 3 is 3.00 bits per heavy atom. The highest BCUT2D eigenvalue weighted by molar-refractivity contribution is 5.85. The van der Waals surface area contributed by atoms with Crippen molar-refractivity contribution in [2.45, 2.75) is 13.3 Å². The Labute approximate surface area is 70.1 Å². The van der Waals surface area contributed by atoms with E-state index in [0.717, 1.165) is 0 Å². The van der Waals surface area contributed by atoms with E-state index < -0.39 is 0 Å². The molecule has 0 fully saturated rings. The van der Waals surface area contributed by atoms with Gasteiger partial charge < -0.3 is 9.47 Å². The van der Waals surface area contributed by atoms with E-state index in [1.165, 1.54) is 6.08 Å². The molecule has 0 spiro atoms. The summed E-state index contributed by atoms with van der Waals surface area (Å²) in [5.74, 6) is -0.632. The lowest BCUT2D eigenvalue weighted by molar-refractivity contribution is -0.142. The fraction of sp³-hybridized carbons (Fsp3) is 0.500. The first-order chi connectivity index (χ1) is 5.72. The summed E-state index contributed by atoms with van der Waals surface area (Å²) in [6.45, 7) is 2.13. The molecular formula is C8H10O4. The normalized spacial score (nSPS) is 15.4. The molecular weight excluding hydrogens is 160 g/mol. The van der Waals surface area contributed by atoms with E-state index in [0.29, 0.717) is 12.0 Å². The summed E-state index contributed by atoms with van der Waals surface area (Å²) in [7, 11) is 0. The SMILES string of the molecule is CCC(=O)OCC1=CC(=O)OC1. The minimum absolute atomic E-state index is 0.165. The van der Waals surface area contributed by atoms with Gasteiger partial charge in [-0.15, -0.1) is 0 Å². The van der Waals surface area contributed by atoms with Gasteiger partial charge >= 0.3 is 11.9 Å². The van der Waals surface area contributed by atoms with Gasteiger partial charge in [0.2, 0.25) is 0 Å². The quantitative estimate of drug-likeness (QED) is 0.576. The van der Waals surface area contributed by atoms with Crippen LogP contribution < -0.4 is 0 Å². The minimum atomic E-state index is -0.363. The highest BCUT2D eigenvalue weighted by Gasteiger charge is 2.13. The molecule has 12 heavy (non-hydrogen) atoms. The van der Waals surface area contributed by atoms with Gasteiger partial charge in [0.15, 0.2) is 0 Å². The third-order valence-corrected chi connectivity index (χ3v) is 1.43. The second kappa shape index (κ2) is 3.90. The average Bonchev–Trinajstić information content (AvgIpc) is 2.47. The van der Waals surface area contributed by atoms with Crippen molar-refractivity contribution in [1.82, 2.24) is 0 Å². The molecule has 66 valence electrons. The number of carbonyl (C=O) groups excluding carboxylic acids is 2. The van der Waals surface area contributed by atoms with E-state index in [2.05, 4.69) is 4.74 Å². The molecule has 0 atom stereocenters. The number of hydrogen-bond acceptors (Lipinski definition) is 4. The van der Waals surface area contributed by atoms with Gasteiger partial charge in [-0.3, -0.25) is 4.79 Å². The molecule has 4 nitrogen and oxygen atoms in total. The van der Waals surface area contributed by atoms with Crippen LogP contribution in [0.2, 0.25) is 0 Å². The second-order valence-electron chi connectivity index (χ2n) is 2.42. The summed E-state index contributed by atoms with van der Waals surface area (Å²) >= 11 is 0. The summed E-state index contributed by atoms with van der Waals surface area (Å²) in [5, 5.41) is 0. The first-order valence-electron chi connectivity index (χ1n) is 3.74. The Morgan fingerprint density at radius 2 is 2.50 bits per heavy atom. The molecule has 0 aromatic heterocycles. The van der Waals surface area contributed by atoms with Gasteiger partial charge in [-0.2, -0.15) is 0 Å². The minimum Gasteiger partial charge on any atom is -0.461 e. The van der Waals surface area contributed by atoms with Gasteiger partial charge in [0.1, 0.15) is 13.2 Å². The molecule has 0 unspecified atom stereocenters. The van der Waals surface area contributed by atoms with Crippen LogP contribution in [-0.4, -0.2) is 25.2 Å². The molecule has 0 bridgehead atoms. The van der Waals surface area contributed by atoms with Crippen LogP contribution in [0.3, 0.4) is 0 Å². The van der Waals surface area contributed by atoms with Crippen LogP contribution in [0.4, 0.5) is 0 Å². The number of ether oxygens (including phenoxy) is 2. The van der Waals surface area contributed by atoms with Gasteiger partial charge in [0, 0.05) is 18.1 Å². The molecule has 0 saturated heterocycles. The molecule has 0 radical (unpaired) electrons. The monoisotopic (exact) mass is 170 g/mol. The van der Waals surface area contributed by atoms with Crippen LogP contribution in [0, 0.1) is 0 Å². The fourth-order valence-electron chi connectivity index (χ4n) is 0.772. The lowest BCUT2D eigenvalue weighted by Gasteiger charge is -2.01. The predicted molar refractivity (Wildman–Crippen MR) is 40.3 cm³/mol. The Morgan fingerprint density at radius 1 is 1.75 bits per heavy atom. The Hall–Kier alpha value is -1.32. The van der Waals surface area contributed by atoms with E-state index in [4.69, 9.17) is 4.74 Å². The van der Waals surface area contributed by atoms with Crippen LogP contribution in [0.15, 0.2) is 11.6 Å². The highest BCUT2D eigenvalue weighted by atomic mass is 16.5. The Kier molecular flexibility index (Phi) is 2.85. The van der Waals surface area contributed by atoms with E-state index in [9.17, 15) is 9.59 Å². The van der Waals surface area contributed by atoms with Crippen molar-refractivity contribution in [1.29, 1.82) is 0 Å². The standard InChI is InChI=1S/C8H10O4/c1-2-7(9)11-4-6-3-8(10)12-5-6/h3H,2,4-5H2,1H3. The number of cyclic esters (lactones) is 1. The van der Waals surface area contributed by atoms with Crippen molar-refractivity contribution >= 4 is 11.9 Å². The summed E-state index contributed by atoms with van der Waals surface area (Å²) in [5.41, 5.74) is 0.710. The first kappa shape index (κ1) is 8.77. The van der Waals surface area contributed by atoms with Gasteiger partial charge in [-0.25, -0.2) is 4.79 Å². The summed E-state index contributed by atoms with van der Waals surface area (Å²) in [6, 6.07) is 0.